The molecule has 0 aromatic heterocycles. The Morgan fingerprint density at radius 1 is 1.00 bits per heavy atom. The van der Waals surface area contributed by atoms with Gasteiger partial charge in [-0.25, -0.2) is 4.39 Å². The van der Waals surface area contributed by atoms with Crippen molar-refractivity contribution in [2.24, 2.45) is 0 Å². The van der Waals surface area contributed by atoms with Gasteiger partial charge in [0.05, 0.1) is 7.11 Å². The highest BCUT2D eigenvalue weighted by Gasteiger charge is 2.05. The molecule has 0 aliphatic carbocycles. The van der Waals surface area contributed by atoms with E-state index in [1.54, 1.807) is 13.2 Å². The third-order valence-corrected chi connectivity index (χ3v) is 3.77. The zero-order valence-corrected chi connectivity index (χ0v) is 13.8. The zero-order valence-electron chi connectivity index (χ0n) is 13.8. The monoisotopic (exact) mass is 339 g/mol. The molecule has 1 amide bonds. The molecule has 0 radical (unpaired) electrons. The van der Waals surface area contributed by atoms with Crippen molar-refractivity contribution in [1.82, 2.24) is 5.32 Å². The average Bonchev–Trinajstić information content (AvgIpc) is 2.64. The van der Waals surface area contributed by atoms with Gasteiger partial charge in [-0.3, -0.25) is 4.79 Å². The Balaban J connectivity index is 1.55. The number of hydrogen-bond donors (Lipinski definition) is 1. The van der Waals surface area contributed by atoms with Crippen LogP contribution in [0.3, 0.4) is 0 Å². The SMILES string of the molecule is COc1ccc2cc(CNC(=O)COc3cccc(F)c3)ccc2c1. The van der Waals surface area contributed by atoms with Crippen molar-refractivity contribution >= 4 is 16.7 Å². The van der Waals surface area contributed by atoms with Crippen LogP contribution in [0.2, 0.25) is 0 Å². The first kappa shape index (κ1) is 16.8. The van der Waals surface area contributed by atoms with E-state index in [1.807, 2.05) is 36.4 Å². The minimum absolute atomic E-state index is 0.158. The molecule has 0 spiro atoms. The van der Waals surface area contributed by atoms with Crippen LogP contribution in [0.15, 0.2) is 60.7 Å². The summed E-state index contributed by atoms with van der Waals surface area (Å²) < 4.78 is 23.5. The van der Waals surface area contributed by atoms with Crippen molar-refractivity contribution in [3.63, 3.8) is 0 Å². The average molecular weight is 339 g/mol. The fourth-order valence-corrected chi connectivity index (χ4v) is 2.47. The molecule has 3 rings (SSSR count). The van der Waals surface area contributed by atoms with Crippen LogP contribution in [0.1, 0.15) is 5.56 Å². The Kier molecular flexibility index (Phi) is 5.14. The number of carbonyl (C=O) groups is 1. The van der Waals surface area contributed by atoms with E-state index in [9.17, 15) is 9.18 Å². The summed E-state index contributed by atoms with van der Waals surface area (Å²) in [6.07, 6.45) is 0. The highest BCUT2D eigenvalue weighted by atomic mass is 19.1. The predicted molar refractivity (Wildman–Crippen MR) is 94.2 cm³/mol. The first-order valence-electron chi connectivity index (χ1n) is 7.86. The third-order valence-electron chi connectivity index (χ3n) is 3.77. The van der Waals surface area contributed by atoms with Gasteiger partial charge in [0.2, 0.25) is 0 Å². The number of methoxy groups -OCH3 is 1. The molecule has 0 aliphatic heterocycles. The summed E-state index contributed by atoms with van der Waals surface area (Å²) in [5, 5.41) is 4.93. The Bertz CT molecular complexity index is 895. The largest absolute Gasteiger partial charge is 0.497 e. The van der Waals surface area contributed by atoms with Gasteiger partial charge >= 0.3 is 0 Å². The predicted octanol–water partition coefficient (Wildman–Crippen LogP) is 3.68. The van der Waals surface area contributed by atoms with Crippen molar-refractivity contribution < 1.29 is 18.7 Å². The lowest BCUT2D eigenvalue weighted by Crippen LogP contribution is -2.28. The van der Waals surface area contributed by atoms with E-state index in [2.05, 4.69) is 5.32 Å². The van der Waals surface area contributed by atoms with Gasteiger partial charge in [0.1, 0.15) is 17.3 Å². The standard InChI is InChI=1S/C20H18FNO3/c1-24-18-8-7-15-9-14(5-6-16(15)10-18)12-22-20(23)13-25-19-4-2-3-17(21)11-19/h2-11H,12-13H2,1H3,(H,22,23). The number of rotatable bonds is 6. The molecule has 1 N–H and O–H groups in total. The Morgan fingerprint density at radius 3 is 2.60 bits per heavy atom. The van der Waals surface area contributed by atoms with Crippen molar-refractivity contribution in [3.8, 4) is 11.5 Å². The van der Waals surface area contributed by atoms with Crippen molar-refractivity contribution in [3.05, 3.63) is 72.0 Å². The van der Waals surface area contributed by atoms with Gasteiger partial charge in [-0.05, 0) is 46.7 Å². The van der Waals surface area contributed by atoms with E-state index in [1.165, 1.54) is 18.2 Å². The highest BCUT2D eigenvalue weighted by Crippen LogP contribution is 2.21. The van der Waals surface area contributed by atoms with Gasteiger partial charge in [-0.1, -0.05) is 24.3 Å². The molecule has 0 saturated carbocycles. The Labute approximate surface area is 145 Å². The van der Waals surface area contributed by atoms with E-state index < -0.39 is 5.82 Å². The maximum Gasteiger partial charge on any atom is 0.258 e. The molecule has 0 bridgehead atoms. The van der Waals surface area contributed by atoms with Crippen molar-refractivity contribution in [2.45, 2.75) is 6.54 Å². The van der Waals surface area contributed by atoms with Crippen LogP contribution < -0.4 is 14.8 Å². The van der Waals surface area contributed by atoms with Gasteiger partial charge in [-0.15, -0.1) is 0 Å². The number of nitrogens with one attached hydrogen (secondary N) is 1. The van der Waals surface area contributed by atoms with Crippen LogP contribution in [0.5, 0.6) is 11.5 Å². The maximum absolute atomic E-state index is 13.0. The maximum atomic E-state index is 13.0. The topological polar surface area (TPSA) is 47.6 Å². The molecule has 4 nitrogen and oxygen atoms in total. The third kappa shape index (κ3) is 4.47. The van der Waals surface area contributed by atoms with E-state index in [0.717, 1.165) is 22.1 Å². The molecule has 0 aliphatic rings. The first-order chi connectivity index (χ1) is 12.1. The molecule has 0 unspecified atom stereocenters. The fraction of sp³-hybridized carbons (Fsp3) is 0.150. The fourth-order valence-electron chi connectivity index (χ4n) is 2.47. The van der Waals surface area contributed by atoms with Crippen molar-refractivity contribution in [1.29, 1.82) is 0 Å². The van der Waals surface area contributed by atoms with E-state index in [-0.39, 0.29) is 12.5 Å². The molecule has 0 heterocycles. The summed E-state index contributed by atoms with van der Waals surface area (Å²) in [5.41, 5.74) is 0.983. The van der Waals surface area contributed by atoms with Gasteiger partial charge in [0, 0.05) is 12.6 Å². The van der Waals surface area contributed by atoms with E-state index >= 15 is 0 Å². The summed E-state index contributed by atoms with van der Waals surface area (Å²) in [7, 11) is 1.64. The minimum Gasteiger partial charge on any atom is -0.497 e. The van der Waals surface area contributed by atoms with Crippen molar-refractivity contribution in [2.75, 3.05) is 13.7 Å². The number of ether oxygens (including phenoxy) is 2. The van der Waals surface area contributed by atoms with E-state index in [0.29, 0.717) is 12.3 Å². The lowest BCUT2D eigenvalue weighted by molar-refractivity contribution is -0.123. The van der Waals surface area contributed by atoms with Gasteiger partial charge in [0.15, 0.2) is 6.61 Å². The van der Waals surface area contributed by atoms with Crippen LogP contribution in [0.4, 0.5) is 4.39 Å². The Hall–Kier alpha value is -3.08. The summed E-state index contributed by atoms with van der Waals surface area (Å²) in [6, 6.07) is 17.5. The number of fused-ring (bicyclic) bond motifs is 1. The minimum atomic E-state index is -0.397. The van der Waals surface area contributed by atoms with Gasteiger partial charge < -0.3 is 14.8 Å². The van der Waals surface area contributed by atoms with Crippen LogP contribution in [0.25, 0.3) is 10.8 Å². The second kappa shape index (κ2) is 7.66. The number of carbonyl (C=O) groups excluding carboxylic acids is 1. The molecule has 0 saturated heterocycles. The molecule has 5 heteroatoms. The number of benzene rings is 3. The van der Waals surface area contributed by atoms with Crippen LogP contribution in [-0.2, 0) is 11.3 Å². The molecular weight excluding hydrogens is 321 g/mol. The summed E-state index contributed by atoms with van der Waals surface area (Å²) in [4.78, 5) is 11.9. The second-order valence-electron chi connectivity index (χ2n) is 5.57. The van der Waals surface area contributed by atoms with E-state index in [4.69, 9.17) is 9.47 Å². The molecule has 128 valence electrons. The summed E-state index contributed by atoms with van der Waals surface area (Å²) in [6.45, 7) is 0.238. The molecule has 0 atom stereocenters. The smallest absolute Gasteiger partial charge is 0.258 e. The van der Waals surface area contributed by atoms with Gasteiger partial charge in [0.25, 0.3) is 5.91 Å². The lowest BCUT2D eigenvalue weighted by Gasteiger charge is -2.09. The molecule has 0 fully saturated rings. The Morgan fingerprint density at radius 2 is 1.80 bits per heavy atom. The zero-order chi connectivity index (χ0) is 17.6. The lowest BCUT2D eigenvalue weighted by atomic mass is 10.1. The molecule has 25 heavy (non-hydrogen) atoms. The van der Waals surface area contributed by atoms with Crippen LogP contribution >= 0.6 is 0 Å². The quantitative estimate of drug-likeness (QED) is 0.745. The summed E-state index contributed by atoms with van der Waals surface area (Å²) >= 11 is 0. The molecule has 3 aromatic carbocycles. The molecular formula is C20H18FNO3. The molecule has 3 aromatic rings. The normalized spacial score (nSPS) is 10.5. The van der Waals surface area contributed by atoms with Gasteiger partial charge in [-0.2, -0.15) is 0 Å². The number of halogens is 1. The van der Waals surface area contributed by atoms with Crippen LogP contribution in [-0.4, -0.2) is 19.6 Å². The summed E-state index contributed by atoms with van der Waals surface area (Å²) in [5.74, 6) is 0.475. The number of hydrogen-bond acceptors (Lipinski definition) is 3. The first-order valence-corrected chi connectivity index (χ1v) is 7.86. The highest BCUT2D eigenvalue weighted by molar-refractivity contribution is 5.84. The second-order valence-corrected chi connectivity index (χ2v) is 5.57. The number of amides is 1. The van der Waals surface area contributed by atoms with Crippen LogP contribution in [0, 0.1) is 5.82 Å².